The van der Waals surface area contributed by atoms with E-state index >= 15 is 0 Å². The molecule has 5 heteroatoms. The van der Waals surface area contributed by atoms with Gasteiger partial charge in [-0.05, 0) is 31.0 Å². The lowest BCUT2D eigenvalue weighted by molar-refractivity contribution is -0.123. The largest absolute Gasteiger partial charge is 0.495 e. The van der Waals surface area contributed by atoms with Gasteiger partial charge >= 0.3 is 0 Å². The molecule has 1 amide bonds. The van der Waals surface area contributed by atoms with Crippen molar-refractivity contribution in [1.82, 2.24) is 10.2 Å². The fourth-order valence-electron chi connectivity index (χ4n) is 3.70. The molecule has 1 atom stereocenters. The van der Waals surface area contributed by atoms with E-state index in [-0.39, 0.29) is 11.9 Å². The maximum Gasteiger partial charge on any atom is 0.234 e. The zero-order chi connectivity index (χ0) is 19.9. The molecule has 0 spiro atoms. The van der Waals surface area contributed by atoms with Crippen LogP contribution in [0.25, 0.3) is 0 Å². The second-order valence-electron chi connectivity index (χ2n) is 7.37. The molecule has 1 aliphatic heterocycles. The number of piperazine rings is 1. The van der Waals surface area contributed by atoms with Crippen LogP contribution in [0, 0.1) is 6.92 Å². The first-order valence-electron chi connectivity index (χ1n) is 10.1. The number of anilines is 1. The topological polar surface area (TPSA) is 44.8 Å². The van der Waals surface area contributed by atoms with E-state index in [9.17, 15) is 4.79 Å². The van der Waals surface area contributed by atoms with E-state index in [4.69, 9.17) is 4.74 Å². The molecule has 150 valence electrons. The number of ether oxygens (including phenoxy) is 1. The molecular weight excluding hydrogens is 350 g/mol. The fraction of sp³-hybridized carbons (Fsp3) is 0.435. The molecule has 0 aliphatic carbocycles. The van der Waals surface area contributed by atoms with Gasteiger partial charge in [0.15, 0.2) is 0 Å². The molecule has 3 rings (SSSR count). The van der Waals surface area contributed by atoms with Gasteiger partial charge in [-0.3, -0.25) is 9.69 Å². The van der Waals surface area contributed by atoms with Crippen LogP contribution in [0.15, 0.2) is 48.5 Å². The van der Waals surface area contributed by atoms with E-state index in [0.29, 0.717) is 6.54 Å². The van der Waals surface area contributed by atoms with Crippen molar-refractivity contribution in [2.75, 3.05) is 44.7 Å². The molecule has 1 aliphatic rings. The number of rotatable bonds is 7. The van der Waals surface area contributed by atoms with Crippen LogP contribution in [0.3, 0.4) is 0 Å². The van der Waals surface area contributed by atoms with Crippen molar-refractivity contribution < 1.29 is 9.53 Å². The van der Waals surface area contributed by atoms with Gasteiger partial charge < -0.3 is 15.0 Å². The number of para-hydroxylation sites is 2. The maximum atomic E-state index is 12.6. The number of carbonyl (C=O) groups is 1. The highest BCUT2D eigenvalue weighted by Crippen LogP contribution is 2.28. The SMILES string of the molecule is CC[C@H](NC(=O)CN1CCN(c2ccccc2OC)CC1)c1ccc(C)cc1. The van der Waals surface area contributed by atoms with E-state index < -0.39 is 0 Å². The summed E-state index contributed by atoms with van der Waals surface area (Å²) >= 11 is 0. The minimum absolute atomic E-state index is 0.0722. The highest BCUT2D eigenvalue weighted by molar-refractivity contribution is 5.78. The zero-order valence-corrected chi connectivity index (χ0v) is 17.1. The first-order chi connectivity index (χ1) is 13.6. The number of amides is 1. The second-order valence-corrected chi connectivity index (χ2v) is 7.37. The van der Waals surface area contributed by atoms with Gasteiger partial charge in [0, 0.05) is 26.2 Å². The van der Waals surface area contributed by atoms with Gasteiger partial charge in [0.1, 0.15) is 5.75 Å². The van der Waals surface area contributed by atoms with Gasteiger partial charge in [-0.25, -0.2) is 0 Å². The number of hydrogen-bond donors (Lipinski definition) is 1. The van der Waals surface area contributed by atoms with Crippen molar-refractivity contribution >= 4 is 11.6 Å². The minimum Gasteiger partial charge on any atom is -0.495 e. The first-order valence-corrected chi connectivity index (χ1v) is 10.1. The smallest absolute Gasteiger partial charge is 0.234 e. The Labute approximate surface area is 168 Å². The lowest BCUT2D eigenvalue weighted by Gasteiger charge is -2.36. The third kappa shape index (κ3) is 5.04. The number of nitrogens with zero attached hydrogens (tertiary/aromatic N) is 2. The van der Waals surface area contributed by atoms with E-state index in [2.05, 4.69) is 59.3 Å². The first kappa shape index (κ1) is 20.2. The van der Waals surface area contributed by atoms with Crippen LogP contribution in [-0.2, 0) is 4.79 Å². The van der Waals surface area contributed by atoms with Gasteiger partial charge in [0.05, 0.1) is 25.4 Å². The molecule has 1 fully saturated rings. The van der Waals surface area contributed by atoms with E-state index in [1.54, 1.807) is 7.11 Å². The number of hydrogen-bond acceptors (Lipinski definition) is 4. The summed E-state index contributed by atoms with van der Waals surface area (Å²) in [6.07, 6.45) is 0.885. The predicted molar refractivity (Wildman–Crippen MR) is 114 cm³/mol. The average molecular weight is 382 g/mol. The molecule has 2 aromatic rings. The Hall–Kier alpha value is -2.53. The number of carbonyl (C=O) groups excluding carboxylic acids is 1. The van der Waals surface area contributed by atoms with Crippen LogP contribution < -0.4 is 15.0 Å². The number of aryl methyl sites for hydroxylation is 1. The monoisotopic (exact) mass is 381 g/mol. The zero-order valence-electron chi connectivity index (χ0n) is 17.1. The molecule has 0 bridgehead atoms. The lowest BCUT2D eigenvalue weighted by Crippen LogP contribution is -2.49. The molecule has 0 aromatic heterocycles. The molecule has 1 heterocycles. The summed E-state index contributed by atoms with van der Waals surface area (Å²) in [6, 6.07) is 16.6. The average Bonchev–Trinajstić information content (AvgIpc) is 2.73. The molecule has 2 aromatic carbocycles. The summed E-state index contributed by atoms with van der Waals surface area (Å²) < 4.78 is 5.48. The van der Waals surface area contributed by atoms with Crippen LogP contribution in [0.5, 0.6) is 5.75 Å². The Morgan fingerprint density at radius 1 is 1.07 bits per heavy atom. The summed E-state index contributed by atoms with van der Waals surface area (Å²) in [7, 11) is 1.71. The van der Waals surface area contributed by atoms with Crippen molar-refractivity contribution in [2.24, 2.45) is 0 Å². The fourth-order valence-corrected chi connectivity index (χ4v) is 3.70. The highest BCUT2D eigenvalue weighted by Gasteiger charge is 2.22. The van der Waals surface area contributed by atoms with E-state index in [1.165, 1.54) is 11.1 Å². The minimum atomic E-state index is 0.0722. The van der Waals surface area contributed by atoms with Gasteiger partial charge in [-0.1, -0.05) is 48.9 Å². The Morgan fingerprint density at radius 3 is 2.39 bits per heavy atom. The standard InChI is InChI=1S/C23H31N3O2/c1-4-20(19-11-9-18(2)10-12-19)24-23(27)17-25-13-15-26(16-14-25)21-7-5-6-8-22(21)28-3/h5-12,20H,4,13-17H2,1-3H3,(H,24,27)/t20-/m0/s1. The predicted octanol–water partition coefficient (Wildman–Crippen LogP) is 3.39. The van der Waals surface area contributed by atoms with Crippen molar-refractivity contribution in [2.45, 2.75) is 26.3 Å². The maximum absolute atomic E-state index is 12.6. The summed E-state index contributed by atoms with van der Waals surface area (Å²) in [5.41, 5.74) is 3.53. The molecule has 0 saturated carbocycles. The van der Waals surface area contributed by atoms with E-state index in [1.807, 2.05) is 18.2 Å². The summed E-state index contributed by atoms with van der Waals surface area (Å²) in [4.78, 5) is 17.1. The Morgan fingerprint density at radius 2 is 1.75 bits per heavy atom. The summed E-state index contributed by atoms with van der Waals surface area (Å²) in [6.45, 7) is 8.15. The third-order valence-electron chi connectivity index (χ3n) is 5.39. The number of methoxy groups -OCH3 is 1. The van der Waals surface area contributed by atoms with Gasteiger partial charge in [0.2, 0.25) is 5.91 Å². The summed E-state index contributed by atoms with van der Waals surface area (Å²) in [5, 5.41) is 3.20. The van der Waals surface area contributed by atoms with Crippen molar-refractivity contribution in [3.05, 3.63) is 59.7 Å². The normalized spacial score (nSPS) is 15.9. The molecule has 5 nitrogen and oxygen atoms in total. The van der Waals surface area contributed by atoms with Crippen molar-refractivity contribution in [3.8, 4) is 5.75 Å². The lowest BCUT2D eigenvalue weighted by atomic mass is 10.0. The highest BCUT2D eigenvalue weighted by atomic mass is 16.5. The molecule has 0 unspecified atom stereocenters. The van der Waals surface area contributed by atoms with Crippen LogP contribution in [-0.4, -0.2) is 50.6 Å². The van der Waals surface area contributed by atoms with Gasteiger partial charge in [-0.2, -0.15) is 0 Å². The van der Waals surface area contributed by atoms with Gasteiger partial charge in [0.25, 0.3) is 0 Å². The third-order valence-corrected chi connectivity index (χ3v) is 5.39. The quantitative estimate of drug-likeness (QED) is 0.798. The van der Waals surface area contributed by atoms with Crippen molar-refractivity contribution in [1.29, 1.82) is 0 Å². The summed E-state index contributed by atoms with van der Waals surface area (Å²) in [5.74, 6) is 0.996. The molecular formula is C23H31N3O2. The van der Waals surface area contributed by atoms with Crippen LogP contribution in [0.2, 0.25) is 0 Å². The Bertz CT molecular complexity index is 768. The molecule has 28 heavy (non-hydrogen) atoms. The molecule has 1 N–H and O–H groups in total. The van der Waals surface area contributed by atoms with E-state index in [0.717, 1.165) is 44.0 Å². The van der Waals surface area contributed by atoms with Gasteiger partial charge in [-0.15, -0.1) is 0 Å². The van der Waals surface area contributed by atoms with Crippen LogP contribution >= 0.6 is 0 Å². The Kier molecular flexibility index (Phi) is 6.93. The molecule has 1 saturated heterocycles. The van der Waals surface area contributed by atoms with Crippen LogP contribution in [0.4, 0.5) is 5.69 Å². The van der Waals surface area contributed by atoms with Crippen LogP contribution in [0.1, 0.15) is 30.5 Å². The molecule has 0 radical (unpaired) electrons. The number of benzene rings is 2. The number of nitrogens with one attached hydrogen (secondary N) is 1. The second kappa shape index (κ2) is 9.60. The van der Waals surface area contributed by atoms with Crippen molar-refractivity contribution in [3.63, 3.8) is 0 Å². The Balaban J connectivity index is 1.51.